The summed E-state index contributed by atoms with van der Waals surface area (Å²) in [6.07, 6.45) is 2.55. The Balaban J connectivity index is 2.12. The van der Waals surface area contributed by atoms with Crippen LogP contribution in [0.25, 0.3) is 0 Å². The van der Waals surface area contributed by atoms with Crippen molar-refractivity contribution in [3.8, 4) is 0 Å². The Bertz CT molecular complexity index is 294. The molecule has 0 amide bonds. The van der Waals surface area contributed by atoms with Gasteiger partial charge in [0, 0.05) is 6.54 Å². The van der Waals surface area contributed by atoms with Crippen LogP contribution in [0.5, 0.6) is 0 Å². The van der Waals surface area contributed by atoms with E-state index in [0.29, 0.717) is 6.54 Å². The molecule has 1 saturated heterocycles. The SMILES string of the molecule is NCC(c1ccc(Br)o1)N1CCCC1. The molecule has 2 rings (SSSR count). The number of hydrogen-bond donors (Lipinski definition) is 1. The van der Waals surface area contributed by atoms with Crippen LogP contribution >= 0.6 is 15.9 Å². The first kappa shape index (κ1) is 10.2. The summed E-state index contributed by atoms with van der Waals surface area (Å²) in [5.41, 5.74) is 5.78. The smallest absolute Gasteiger partial charge is 0.169 e. The first-order chi connectivity index (χ1) is 6.81. The molecule has 0 aliphatic carbocycles. The van der Waals surface area contributed by atoms with E-state index in [1.54, 1.807) is 0 Å². The minimum Gasteiger partial charge on any atom is -0.453 e. The van der Waals surface area contributed by atoms with Gasteiger partial charge in [-0.25, -0.2) is 0 Å². The molecule has 0 spiro atoms. The molecular weight excluding hydrogens is 244 g/mol. The van der Waals surface area contributed by atoms with Gasteiger partial charge < -0.3 is 10.2 Å². The van der Waals surface area contributed by atoms with Gasteiger partial charge in [0.1, 0.15) is 5.76 Å². The number of likely N-dealkylation sites (tertiary alicyclic amines) is 1. The fourth-order valence-electron chi connectivity index (χ4n) is 2.01. The van der Waals surface area contributed by atoms with Gasteiger partial charge in [-0.3, -0.25) is 4.90 Å². The highest BCUT2D eigenvalue weighted by molar-refractivity contribution is 9.10. The lowest BCUT2D eigenvalue weighted by Crippen LogP contribution is -2.31. The summed E-state index contributed by atoms with van der Waals surface area (Å²) in [6, 6.07) is 4.18. The molecule has 0 radical (unpaired) electrons. The molecule has 1 aromatic rings. The van der Waals surface area contributed by atoms with Gasteiger partial charge in [-0.15, -0.1) is 0 Å². The van der Waals surface area contributed by atoms with Crippen LogP contribution in [0.3, 0.4) is 0 Å². The summed E-state index contributed by atoms with van der Waals surface area (Å²) in [5.74, 6) is 0.973. The summed E-state index contributed by atoms with van der Waals surface area (Å²) in [4.78, 5) is 2.39. The summed E-state index contributed by atoms with van der Waals surface area (Å²) in [7, 11) is 0. The van der Waals surface area contributed by atoms with Crippen LogP contribution in [0.2, 0.25) is 0 Å². The third-order valence-electron chi connectivity index (χ3n) is 2.73. The van der Waals surface area contributed by atoms with Gasteiger partial charge in [-0.1, -0.05) is 0 Å². The number of nitrogens with two attached hydrogens (primary N) is 1. The summed E-state index contributed by atoms with van der Waals surface area (Å²) < 4.78 is 6.33. The van der Waals surface area contributed by atoms with Crippen LogP contribution in [0, 0.1) is 0 Å². The van der Waals surface area contributed by atoms with Crippen LogP contribution < -0.4 is 5.73 Å². The maximum absolute atomic E-state index is 5.78. The topological polar surface area (TPSA) is 42.4 Å². The quantitative estimate of drug-likeness (QED) is 0.904. The molecule has 3 nitrogen and oxygen atoms in total. The van der Waals surface area contributed by atoms with Crippen LogP contribution in [0.1, 0.15) is 24.6 Å². The Morgan fingerprint density at radius 1 is 1.43 bits per heavy atom. The highest BCUT2D eigenvalue weighted by Gasteiger charge is 2.24. The molecule has 2 N–H and O–H groups in total. The van der Waals surface area contributed by atoms with E-state index in [1.165, 1.54) is 12.8 Å². The molecular formula is C10H15BrN2O. The first-order valence-electron chi connectivity index (χ1n) is 5.00. The Kier molecular flexibility index (Phi) is 3.26. The molecule has 4 heteroatoms. The van der Waals surface area contributed by atoms with E-state index in [-0.39, 0.29) is 6.04 Å². The second-order valence-corrected chi connectivity index (χ2v) is 4.42. The predicted molar refractivity (Wildman–Crippen MR) is 59.0 cm³/mol. The number of nitrogens with zero attached hydrogens (tertiary/aromatic N) is 1. The van der Waals surface area contributed by atoms with Crippen molar-refractivity contribution in [2.24, 2.45) is 5.73 Å². The average Bonchev–Trinajstić information content (AvgIpc) is 2.79. The second kappa shape index (κ2) is 4.47. The van der Waals surface area contributed by atoms with E-state index in [0.717, 1.165) is 23.5 Å². The highest BCUT2D eigenvalue weighted by atomic mass is 79.9. The lowest BCUT2D eigenvalue weighted by atomic mass is 10.2. The fraction of sp³-hybridized carbons (Fsp3) is 0.600. The molecule has 1 atom stereocenters. The molecule has 0 bridgehead atoms. The minimum atomic E-state index is 0.254. The van der Waals surface area contributed by atoms with Gasteiger partial charge in [-0.05, 0) is 54.0 Å². The highest BCUT2D eigenvalue weighted by Crippen LogP contribution is 2.27. The van der Waals surface area contributed by atoms with Crippen LogP contribution in [-0.2, 0) is 0 Å². The first-order valence-corrected chi connectivity index (χ1v) is 5.80. The number of rotatable bonds is 3. The van der Waals surface area contributed by atoms with Gasteiger partial charge in [0.2, 0.25) is 0 Å². The number of halogens is 1. The van der Waals surface area contributed by atoms with E-state index in [1.807, 2.05) is 12.1 Å². The van der Waals surface area contributed by atoms with Crippen molar-refractivity contribution in [1.82, 2.24) is 4.90 Å². The molecule has 1 aromatic heterocycles. The summed E-state index contributed by atoms with van der Waals surface area (Å²) in [5, 5.41) is 0. The molecule has 1 unspecified atom stereocenters. The number of hydrogen-bond acceptors (Lipinski definition) is 3. The fourth-order valence-corrected chi connectivity index (χ4v) is 2.32. The Labute approximate surface area is 92.4 Å². The monoisotopic (exact) mass is 258 g/mol. The van der Waals surface area contributed by atoms with Gasteiger partial charge in [0.05, 0.1) is 6.04 Å². The van der Waals surface area contributed by atoms with E-state index in [9.17, 15) is 0 Å². The van der Waals surface area contributed by atoms with E-state index in [4.69, 9.17) is 10.2 Å². The Morgan fingerprint density at radius 2 is 2.14 bits per heavy atom. The molecule has 1 fully saturated rings. The molecule has 2 heterocycles. The third kappa shape index (κ3) is 2.02. The van der Waals surface area contributed by atoms with Crippen molar-refractivity contribution < 1.29 is 4.42 Å². The zero-order valence-corrected chi connectivity index (χ0v) is 9.66. The molecule has 0 aromatic carbocycles. The normalized spacial score (nSPS) is 20.1. The number of furan rings is 1. The molecule has 0 saturated carbocycles. The lowest BCUT2D eigenvalue weighted by Gasteiger charge is -2.23. The van der Waals surface area contributed by atoms with Crippen molar-refractivity contribution in [2.45, 2.75) is 18.9 Å². The van der Waals surface area contributed by atoms with Crippen molar-refractivity contribution in [2.75, 3.05) is 19.6 Å². The van der Waals surface area contributed by atoms with Crippen LogP contribution in [-0.4, -0.2) is 24.5 Å². The second-order valence-electron chi connectivity index (χ2n) is 3.64. The molecule has 78 valence electrons. The van der Waals surface area contributed by atoms with Crippen molar-refractivity contribution in [3.63, 3.8) is 0 Å². The molecule has 1 aliphatic heterocycles. The summed E-state index contributed by atoms with van der Waals surface area (Å²) >= 11 is 3.31. The van der Waals surface area contributed by atoms with Gasteiger partial charge in [0.25, 0.3) is 0 Å². The van der Waals surface area contributed by atoms with Crippen molar-refractivity contribution >= 4 is 15.9 Å². The maximum Gasteiger partial charge on any atom is 0.169 e. The Hall–Kier alpha value is -0.320. The average molecular weight is 259 g/mol. The standard InChI is InChI=1S/C10H15BrN2O/c11-10-4-3-9(14-10)8(7-12)13-5-1-2-6-13/h3-4,8H,1-2,5-7,12H2. The predicted octanol–water partition coefficient (Wildman–Crippen LogP) is 2.14. The van der Waals surface area contributed by atoms with E-state index in [2.05, 4.69) is 20.8 Å². The van der Waals surface area contributed by atoms with Crippen LogP contribution in [0.4, 0.5) is 0 Å². The van der Waals surface area contributed by atoms with Crippen molar-refractivity contribution in [3.05, 3.63) is 22.6 Å². The maximum atomic E-state index is 5.78. The van der Waals surface area contributed by atoms with Gasteiger partial charge in [0.15, 0.2) is 4.67 Å². The molecule has 1 aliphatic rings. The minimum absolute atomic E-state index is 0.254. The third-order valence-corrected chi connectivity index (χ3v) is 3.15. The van der Waals surface area contributed by atoms with Gasteiger partial charge >= 0.3 is 0 Å². The van der Waals surface area contributed by atoms with E-state index < -0.39 is 0 Å². The lowest BCUT2D eigenvalue weighted by molar-refractivity contribution is 0.219. The Morgan fingerprint density at radius 3 is 2.64 bits per heavy atom. The largest absolute Gasteiger partial charge is 0.453 e. The summed E-state index contributed by atoms with van der Waals surface area (Å²) in [6.45, 7) is 2.90. The zero-order valence-electron chi connectivity index (χ0n) is 8.08. The van der Waals surface area contributed by atoms with Crippen molar-refractivity contribution in [1.29, 1.82) is 0 Å². The van der Waals surface area contributed by atoms with Crippen LogP contribution in [0.15, 0.2) is 21.2 Å². The van der Waals surface area contributed by atoms with Gasteiger partial charge in [-0.2, -0.15) is 0 Å². The zero-order chi connectivity index (χ0) is 9.97. The van der Waals surface area contributed by atoms with E-state index >= 15 is 0 Å². The molecule has 14 heavy (non-hydrogen) atoms.